The van der Waals surface area contributed by atoms with E-state index in [2.05, 4.69) is 10.4 Å². The fraction of sp³-hybridized carbons (Fsp3) is 0.292. The molecule has 164 valence electrons. The molecule has 0 aliphatic carbocycles. The quantitative estimate of drug-likeness (QED) is 0.505. The lowest BCUT2D eigenvalue weighted by Crippen LogP contribution is -2.38. The Kier molecular flexibility index (Phi) is 5.45. The number of hydrogen-bond acceptors (Lipinski definition) is 4. The number of nitrogens with one attached hydrogen (secondary N) is 1. The summed E-state index contributed by atoms with van der Waals surface area (Å²) in [6.07, 6.45) is 5.46. The zero-order chi connectivity index (χ0) is 22.2. The van der Waals surface area contributed by atoms with Crippen LogP contribution >= 0.6 is 11.6 Å². The summed E-state index contributed by atoms with van der Waals surface area (Å²) in [6, 6.07) is 11.7. The Labute approximate surface area is 191 Å². The van der Waals surface area contributed by atoms with Crippen LogP contribution in [-0.2, 0) is 11.8 Å². The van der Waals surface area contributed by atoms with Crippen molar-refractivity contribution in [2.75, 3.05) is 13.2 Å². The van der Waals surface area contributed by atoms with Crippen LogP contribution in [0.3, 0.4) is 0 Å². The zero-order valence-corrected chi connectivity index (χ0v) is 18.8. The predicted octanol–water partition coefficient (Wildman–Crippen LogP) is 4.27. The summed E-state index contributed by atoms with van der Waals surface area (Å²) in [4.78, 5) is 17.6. The lowest BCUT2D eigenvalue weighted by molar-refractivity contribution is 0.0696. The van der Waals surface area contributed by atoms with Gasteiger partial charge in [-0.2, -0.15) is 5.10 Å². The van der Waals surface area contributed by atoms with Crippen LogP contribution in [0.4, 0.5) is 0 Å². The minimum absolute atomic E-state index is 0.105. The van der Waals surface area contributed by atoms with Gasteiger partial charge in [0.2, 0.25) is 0 Å². The molecule has 1 amide bonds. The van der Waals surface area contributed by atoms with Crippen LogP contribution in [0.25, 0.3) is 28.0 Å². The lowest BCUT2D eigenvalue weighted by Gasteiger charge is -2.23. The van der Waals surface area contributed by atoms with Crippen LogP contribution in [0.2, 0.25) is 5.15 Å². The van der Waals surface area contributed by atoms with Crippen molar-refractivity contribution in [1.29, 1.82) is 0 Å². The van der Waals surface area contributed by atoms with E-state index < -0.39 is 0 Å². The highest BCUT2D eigenvalue weighted by Crippen LogP contribution is 2.37. The summed E-state index contributed by atoms with van der Waals surface area (Å²) in [7, 11) is 1.91. The summed E-state index contributed by atoms with van der Waals surface area (Å²) in [5.74, 6) is -0.105. The molecule has 4 aromatic rings. The third-order valence-electron chi connectivity index (χ3n) is 5.87. The molecule has 8 heteroatoms. The second-order valence-electron chi connectivity index (χ2n) is 8.10. The summed E-state index contributed by atoms with van der Waals surface area (Å²) < 4.78 is 8.97. The van der Waals surface area contributed by atoms with Gasteiger partial charge < -0.3 is 10.1 Å². The first-order valence-electron chi connectivity index (χ1n) is 10.7. The highest BCUT2D eigenvalue weighted by Gasteiger charge is 2.20. The van der Waals surface area contributed by atoms with E-state index in [0.717, 1.165) is 35.2 Å². The summed E-state index contributed by atoms with van der Waals surface area (Å²) in [5.41, 5.74) is 5.77. The van der Waals surface area contributed by atoms with Crippen molar-refractivity contribution in [3.63, 3.8) is 0 Å². The number of pyridine rings is 1. The first kappa shape index (κ1) is 20.7. The van der Waals surface area contributed by atoms with Gasteiger partial charge in [-0.15, -0.1) is 0 Å². The van der Waals surface area contributed by atoms with E-state index in [1.54, 1.807) is 27.4 Å². The average molecular weight is 450 g/mol. The molecule has 0 bridgehead atoms. The predicted molar refractivity (Wildman–Crippen MR) is 124 cm³/mol. The van der Waals surface area contributed by atoms with E-state index in [1.807, 2.05) is 44.4 Å². The molecule has 3 aromatic heterocycles. The fourth-order valence-corrected chi connectivity index (χ4v) is 4.51. The van der Waals surface area contributed by atoms with Gasteiger partial charge in [0.05, 0.1) is 5.69 Å². The Morgan fingerprint density at radius 3 is 2.62 bits per heavy atom. The van der Waals surface area contributed by atoms with Crippen molar-refractivity contribution in [2.45, 2.75) is 25.8 Å². The van der Waals surface area contributed by atoms with E-state index in [9.17, 15) is 4.79 Å². The molecule has 4 heterocycles. The van der Waals surface area contributed by atoms with E-state index in [4.69, 9.17) is 21.3 Å². The van der Waals surface area contributed by atoms with Crippen LogP contribution in [0.1, 0.15) is 28.9 Å². The number of rotatable bonds is 4. The number of ether oxygens (including phenoxy) is 1. The smallest absolute Gasteiger partial charge is 0.251 e. The first-order valence-corrected chi connectivity index (χ1v) is 11.1. The van der Waals surface area contributed by atoms with Gasteiger partial charge in [-0.05, 0) is 37.5 Å². The van der Waals surface area contributed by atoms with Gasteiger partial charge in [0.1, 0.15) is 16.5 Å². The number of halogens is 1. The van der Waals surface area contributed by atoms with Gasteiger partial charge in [0.25, 0.3) is 5.91 Å². The summed E-state index contributed by atoms with van der Waals surface area (Å²) in [6.45, 7) is 3.35. The number of nitrogens with zero attached hydrogens (tertiary/aromatic N) is 4. The van der Waals surface area contributed by atoms with Crippen LogP contribution in [0, 0.1) is 6.92 Å². The summed E-state index contributed by atoms with van der Waals surface area (Å²) in [5, 5.41) is 8.07. The Bertz CT molecular complexity index is 1300. The zero-order valence-electron chi connectivity index (χ0n) is 18.0. The molecule has 1 saturated heterocycles. The molecule has 1 aliphatic heterocycles. The van der Waals surface area contributed by atoms with E-state index in [0.29, 0.717) is 35.3 Å². The molecule has 0 unspecified atom stereocenters. The van der Waals surface area contributed by atoms with E-state index in [1.165, 1.54) is 0 Å². The van der Waals surface area contributed by atoms with Crippen LogP contribution in [0.5, 0.6) is 0 Å². The highest BCUT2D eigenvalue weighted by molar-refractivity contribution is 6.32. The van der Waals surface area contributed by atoms with E-state index in [-0.39, 0.29) is 11.9 Å². The second kappa shape index (κ2) is 8.41. The Hall–Kier alpha value is -3.16. The molecule has 5 rings (SSSR count). The van der Waals surface area contributed by atoms with Crippen molar-refractivity contribution in [3.8, 4) is 22.4 Å². The molecule has 0 spiro atoms. The van der Waals surface area contributed by atoms with Crippen LogP contribution in [0.15, 0.2) is 48.8 Å². The van der Waals surface area contributed by atoms with Crippen LogP contribution in [-0.4, -0.2) is 44.3 Å². The molecular weight excluding hydrogens is 426 g/mol. The Morgan fingerprint density at radius 1 is 1.16 bits per heavy atom. The molecule has 1 fully saturated rings. The Morgan fingerprint density at radius 2 is 1.91 bits per heavy atom. The number of amides is 1. The van der Waals surface area contributed by atoms with Gasteiger partial charge in [-0.25, -0.2) is 4.98 Å². The van der Waals surface area contributed by atoms with E-state index >= 15 is 0 Å². The molecule has 1 aliphatic rings. The molecule has 0 atom stereocenters. The summed E-state index contributed by atoms with van der Waals surface area (Å²) >= 11 is 6.75. The maximum absolute atomic E-state index is 12.8. The van der Waals surface area contributed by atoms with Crippen molar-refractivity contribution < 1.29 is 9.53 Å². The first-order chi connectivity index (χ1) is 15.5. The van der Waals surface area contributed by atoms with Crippen molar-refractivity contribution in [1.82, 2.24) is 24.5 Å². The molecular formula is C24H24ClN5O2. The SMILES string of the molecule is Cc1nn(C)cc1-c1ccccc1-c1nc2cc(C(=O)NC3CCOCC3)ccn2c1Cl. The number of aromatic nitrogens is 4. The second-order valence-corrected chi connectivity index (χ2v) is 8.46. The minimum Gasteiger partial charge on any atom is -0.381 e. The average Bonchev–Trinajstić information content (AvgIpc) is 3.32. The molecule has 1 aromatic carbocycles. The third kappa shape index (κ3) is 3.78. The van der Waals surface area contributed by atoms with Gasteiger partial charge in [0.15, 0.2) is 0 Å². The van der Waals surface area contributed by atoms with Gasteiger partial charge in [-0.1, -0.05) is 35.9 Å². The number of aryl methyl sites for hydroxylation is 2. The van der Waals surface area contributed by atoms with Crippen LogP contribution < -0.4 is 5.32 Å². The number of carbonyl (C=O) groups is 1. The van der Waals surface area contributed by atoms with Gasteiger partial charge >= 0.3 is 0 Å². The Balaban J connectivity index is 1.52. The third-order valence-corrected chi connectivity index (χ3v) is 6.23. The minimum atomic E-state index is -0.105. The number of benzene rings is 1. The maximum Gasteiger partial charge on any atom is 0.251 e. The lowest BCUT2D eigenvalue weighted by atomic mass is 9.99. The fourth-order valence-electron chi connectivity index (χ4n) is 4.23. The number of imidazole rings is 1. The molecule has 7 nitrogen and oxygen atoms in total. The van der Waals surface area contributed by atoms with Gasteiger partial charge in [-0.3, -0.25) is 13.9 Å². The normalized spacial score (nSPS) is 14.7. The van der Waals surface area contributed by atoms with Gasteiger partial charge in [0, 0.05) is 55.4 Å². The van der Waals surface area contributed by atoms with Crippen molar-refractivity contribution >= 4 is 23.2 Å². The topological polar surface area (TPSA) is 73.5 Å². The van der Waals surface area contributed by atoms with Crippen molar-refractivity contribution in [2.24, 2.45) is 7.05 Å². The molecule has 0 saturated carbocycles. The molecule has 32 heavy (non-hydrogen) atoms. The number of carbonyl (C=O) groups excluding carboxylic acids is 1. The largest absolute Gasteiger partial charge is 0.381 e. The van der Waals surface area contributed by atoms with Crippen molar-refractivity contribution in [3.05, 3.63) is 65.2 Å². The number of hydrogen-bond donors (Lipinski definition) is 1. The molecule has 1 N–H and O–H groups in total. The highest BCUT2D eigenvalue weighted by atomic mass is 35.5. The monoisotopic (exact) mass is 449 g/mol. The number of fused-ring (bicyclic) bond motifs is 1. The molecule has 0 radical (unpaired) electrons. The maximum atomic E-state index is 12.8. The standard InChI is InChI=1S/C24H24ClN5O2/c1-15-20(14-29(2)28-15)18-5-3-4-6-19(18)22-23(25)30-10-7-16(13-21(30)27-22)24(31)26-17-8-11-32-12-9-17/h3-7,10,13-14,17H,8-9,11-12H2,1-2H3,(H,26,31).